The van der Waals surface area contributed by atoms with Gasteiger partial charge in [0.1, 0.15) is 18.2 Å². The number of nitro groups is 1. The molecule has 0 bridgehead atoms. The van der Waals surface area contributed by atoms with Crippen molar-refractivity contribution in [2.75, 3.05) is 13.9 Å². The first-order valence-electron chi connectivity index (χ1n) is 8.88. The number of fused-ring (bicyclic) bond motifs is 1. The van der Waals surface area contributed by atoms with E-state index in [9.17, 15) is 25.0 Å². The Kier molecular flexibility index (Phi) is 6.27. The zero-order valence-electron chi connectivity index (χ0n) is 16.6. The van der Waals surface area contributed by atoms with E-state index in [0.29, 0.717) is 17.0 Å². The summed E-state index contributed by atoms with van der Waals surface area (Å²) in [6, 6.07) is 6.01. The number of hydrogen-bond acceptors (Lipinski definition) is 9. The molecule has 12 heteroatoms. The Morgan fingerprint density at radius 3 is 2.77 bits per heavy atom. The summed E-state index contributed by atoms with van der Waals surface area (Å²) in [7, 11) is 1.44. The first-order valence-corrected chi connectivity index (χ1v) is 8.88. The van der Waals surface area contributed by atoms with Gasteiger partial charge >= 0.3 is 0 Å². The number of nitriles is 1. The molecule has 0 unspecified atom stereocenters. The number of methoxy groups -OCH3 is 1. The Morgan fingerprint density at radius 2 is 2.13 bits per heavy atom. The Labute approximate surface area is 175 Å². The highest BCUT2D eigenvalue weighted by Crippen LogP contribution is 2.37. The number of hydrogen-bond donors (Lipinski definition) is 1. The number of rotatable bonds is 7. The van der Waals surface area contributed by atoms with E-state index in [1.807, 2.05) is 6.07 Å². The molecule has 160 valence electrons. The van der Waals surface area contributed by atoms with E-state index in [0.717, 1.165) is 10.8 Å². The van der Waals surface area contributed by atoms with Crippen LogP contribution in [0.5, 0.6) is 11.5 Å². The highest BCUT2D eigenvalue weighted by atomic mass is 16.7. The van der Waals surface area contributed by atoms with Crippen molar-refractivity contribution >= 4 is 17.8 Å². The molecule has 0 aliphatic carbocycles. The summed E-state index contributed by atoms with van der Waals surface area (Å²) in [5, 5.41) is 24.2. The zero-order valence-corrected chi connectivity index (χ0v) is 16.6. The largest absolute Gasteiger partial charge is 0.454 e. The first kappa shape index (κ1) is 21.5. The molecule has 1 aromatic carbocycles. The first-order chi connectivity index (χ1) is 14.8. The van der Waals surface area contributed by atoms with Crippen LogP contribution in [0, 0.1) is 28.4 Å². The highest BCUT2D eigenvalue weighted by Gasteiger charge is 2.22. The number of nitro benzene ring substituents is 1. The number of nitrogens with one attached hydrogen (secondary N) is 1. The summed E-state index contributed by atoms with van der Waals surface area (Å²) < 4.78 is 16.4. The number of pyridine rings is 1. The Hall–Kier alpha value is -4.24. The Balaban J connectivity index is 1.77. The second-order valence-electron chi connectivity index (χ2n) is 6.44. The van der Waals surface area contributed by atoms with E-state index < -0.39 is 22.9 Å². The fourth-order valence-electron chi connectivity index (χ4n) is 2.98. The molecule has 12 nitrogen and oxygen atoms in total. The molecule has 3 rings (SSSR count). The van der Waals surface area contributed by atoms with Crippen LogP contribution in [0.25, 0.3) is 0 Å². The van der Waals surface area contributed by atoms with Crippen LogP contribution in [0.1, 0.15) is 22.4 Å². The molecular formula is C19H17N5O7. The lowest BCUT2D eigenvalue weighted by molar-refractivity contribution is -0.385. The van der Waals surface area contributed by atoms with Crippen molar-refractivity contribution in [2.24, 2.45) is 5.10 Å². The molecule has 0 saturated heterocycles. The third-order valence-electron chi connectivity index (χ3n) is 4.41. The van der Waals surface area contributed by atoms with Gasteiger partial charge in [0.2, 0.25) is 6.79 Å². The van der Waals surface area contributed by atoms with Gasteiger partial charge < -0.3 is 18.8 Å². The van der Waals surface area contributed by atoms with Crippen LogP contribution < -0.4 is 20.5 Å². The monoisotopic (exact) mass is 427 g/mol. The number of benzene rings is 1. The van der Waals surface area contributed by atoms with E-state index in [1.54, 1.807) is 13.0 Å². The normalized spacial score (nSPS) is 12.0. The summed E-state index contributed by atoms with van der Waals surface area (Å²) in [4.78, 5) is 35.4. The fourth-order valence-corrected chi connectivity index (χ4v) is 2.98. The maximum Gasteiger partial charge on any atom is 0.282 e. The molecule has 31 heavy (non-hydrogen) atoms. The minimum absolute atomic E-state index is 0.0498. The van der Waals surface area contributed by atoms with Gasteiger partial charge in [-0.1, -0.05) is 0 Å². The van der Waals surface area contributed by atoms with Crippen LogP contribution in [0.3, 0.4) is 0 Å². The summed E-state index contributed by atoms with van der Waals surface area (Å²) >= 11 is 0. The molecule has 2 aromatic rings. The zero-order chi connectivity index (χ0) is 22.5. The predicted octanol–water partition coefficient (Wildman–Crippen LogP) is 0.962. The second kappa shape index (κ2) is 9.06. The minimum Gasteiger partial charge on any atom is -0.454 e. The second-order valence-corrected chi connectivity index (χ2v) is 6.44. The molecule has 1 aromatic heterocycles. The van der Waals surface area contributed by atoms with Crippen LogP contribution in [-0.2, 0) is 22.7 Å². The molecule has 0 spiro atoms. The van der Waals surface area contributed by atoms with E-state index >= 15 is 0 Å². The van der Waals surface area contributed by atoms with Gasteiger partial charge in [0.05, 0.1) is 29.4 Å². The lowest BCUT2D eigenvalue weighted by atomic mass is 10.1. The molecule has 0 saturated carbocycles. The van der Waals surface area contributed by atoms with Gasteiger partial charge in [0.15, 0.2) is 11.5 Å². The third-order valence-corrected chi connectivity index (χ3v) is 4.41. The van der Waals surface area contributed by atoms with Crippen molar-refractivity contribution in [3.63, 3.8) is 0 Å². The highest BCUT2D eigenvalue weighted by molar-refractivity contribution is 5.88. The van der Waals surface area contributed by atoms with Crippen molar-refractivity contribution in [1.82, 2.24) is 9.99 Å². The molecule has 1 N–H and O–H groups in total. The van der Waals surface area contributed by atoms with Gasteiger partial charge in [-0.3, -0.25) is 19.7 Å². The average Bonchev–Trinajstić information content (AvgIpc) is 3.18. The summed E-state index contributed by atoms with van der Waals surface area (Å²) in [6.07, 6.45) is 1.09. The number of carbonyl (C=O) groups excluding carboxylic acids is 1. The topological polar surface area (TPSA) is 158 Å². The molecule has 1 aliphatic rings. The van der Waals surface area contributed by atoms with Crippen LogP contribution in [0.2, 0.25) is 0 Å². The average molecular weight is 427 g/mol. The number of hydrazone groups is 1. The number of nitrogens with zero attached hydrogens (tertiary/aromatic N) is 4. The van der Waals surface area contributed by atoms with E-state index in [2.05, 4.69) is 10.5 Å². The van der Waals surface area contributed by atoms with E-state index in [1.165, 1.54) is 19.2 Å². The quantitative estimate of drug-likeness (QED) is 0.389. The standard InChI is InChI=1S/C19H17N5O7/c1-11-3-13(9-29-2)14(6-20)19(26)23(11)8-18(25)22-21-7-12-4-16-17(31-10-30-16)5-15(12)24(27)28/h3-5,7H,8-10H2,1-2H3,(H,22,25)/b21-7+. The summed E-state index contributed by atoms with van der Waals surface area (Å²) in [6.45, 7) is 1.26. The number of ether oxygens (including phenoxy) is 3. The summed E-state index contributed by atoms with van der Waals surface area (Å²) in [5.41, 5.74) is 2.19. The number of carbonyl (C=O) groups is 1. The smallest absolute Gasteiger partial charge is 0.282 e. The predicted molar refractivity (Wildman–Crippen MR) is 106 cm³/mol. The van der Waals surface area contributed by atoms with Crippen molar-refractivity contribution < 1.29 is 23.9 Å². The lowest BCUT2D eigenvalue weighted by Gasteiger charge is -2.12. The van der Waals surface area contributed by atoms with Gasteiger partial charge in [0, 0.05) is 18.4 Å². The van der Waals surface area contributed by atoms with Gasteiger partial charge in [-0.2, -0.15) is 10.4 Å². The maximum absolute atomic E-state index is 12.5. The van der Waals surface area contributed by atoms with E-state index in [-0.39, 0.29) is 36.0 Å². The Bertz CT molecular complexity index is 1180. The lowest BCUT2D eigenvalue weighted by Crippen LogP contribution is -2.33. The molecule has 0 fully saturated rings. The number of aryl methyl sites for hydroxylation is 1. The Morgan fingerprint density at radius 1 is 1.42 bits per heavy atom. The number of amides is 1. The van der Waals surface area contributed by atoms with Crippen molar-refractivity contribution in [3.05, 3.63) is 61.1 Å². The molecule has 0 atom stereocenters. The molecule has 1 amide bonds. The van der Waals surface area contributed by atoms with Crippen LogP contribution in [-0.4, -0.2) is 35.5 Å². The van der Waals surface area contributed by atoms with Crippen LogP contribution >= 0.6 is 0 Å². The van der Waals surface area contributed by atoms with Gasteiger partial charge in [0.25, 0.3) is 17.2 Å². The molecule has 2 heterocycles. The van der Waals surface area contributed by atoms with Crippen molar-refractivity contribution in [2.45, 2.75) is 20.1 Å². The van der Waals surface area contributed by atoms with E-state index in [4.69, 9.17) is 14.2 Å². The molecule has 0 radical (unpaired) electrons. The van der Waals surface area contributed by atoms with Gasteiger partial charge in [-0.25, -0.2) is 5.43 Å². The SMILES string of the molecule is COCc1cc(C)n(CC(=O)N/N=C/c2cc3c(cc2[N+](=O)[O-])OCO3)c(=O)c1C#N. The van der Waals surface area contributed by atoms with Crippen molar-refractivity contribution in [3.8, 4) is 17.6 Å². The molecule has 1 aliphatic heterocycles. The van der Waals surface area contributed by atoms with Crippen molar-refractivity contribution in [1.29, 1.82) is 5.26 Å². The van der Waals surface area contributed by atoms with Gasteiger partial charge in [-0.15, -0.1) is 0 Å². The third kappa shape index (κ3) is 4.51. The van der Waals surface area contributed by atoms with Crippen LogP contribution in [0.15, 0.2) is 28.1 Å². The minimum atomic E-state index is -0.659. The fraction of sp³-hybridized carbons (Fsp3) is 0.263. The summed E-state index contributed by atoms with van der Waals surface area (Å²) in [5.74, 6) is -0.0954. The van der Waals surface area contributed by atoms with Crippen LogP contribution in [0.4, 0.5) is 5.69 Å². The van der Waals surface area contributed by atoms with Gasteiger partial charge in [-0.05, 0) is 19.1 Å². The number of aromatic nitrogens is 1. The maximum atomic E-state index is 12.5. The molecular weight excluding hydrogens is 410 g/mol.